The SMILES string of the molecule is CC(C)(C)NCCc1nnc(C2CCCCC2)s1. The van der Waals surface area contributed by atoms with Gasteiger partial charge in [0.2, 0.25) is 0 Å². The van der Waals surface area contributed by atoms with Crippen LogP contribution >= 0.6 is 11.3 Å². The van der Waals surface area contributed by atoms with E-state index in [4.69, 9.17) is 0 Å². The molecular formula is C14H25N3S. The first-order chi connectivity index (χ1) is 8.54. The van der Waals surface area contributed by atoms with E-state index in [1.54, 1.807) is 0 Å². The van der Waals surface area contributed by atoms with Crippen LogP contribution in [0.15, 0.2) is 0 Å². The van der Waals surface area contributed by atoms with Gasteiger partial charge in [-0.3, -0.25) is 0 Å². The lowest BCUT2D eigenvalue weighted by molar-refractivity contribution is 0.429. The second-order valence-corrected chi connectivity index (χ2v) is 7.39. The minimum Gasteiger partial charge on any atom is -0.312 e. The van der Waals surface area contributed by atoms with E-state index in [-0.39, 0.29) is 5.54 Å². The zero-order valence-corrected chi connectivity index (χ0v) is 12.6. The van der Waals surface area contributed by atoms with Gasteiger partial charge in [0.25, 0.3) is 0 Å². The average Bonchev–Trinajstić information content (AvgIpc) is 2.77. The van der Waals surface area contributed by atoms with Crippen LogP contribution in [0.1, 0.15) is 68.8 Å². The molecule has 0 atom stereocenters. The lowest BCUT2D eigenvalue weighted by Gasteiger charge is -2.19. The Hall–Kier alpha value is -0.480. The molecule has 3 nitrogen and oxygen atoms in total. The summed E-state index contributed by atoms with van der Waals surface area (Å²) in [7, 11) is 0. The van der Waals surface area contributed by atoms with Gasteiger partial charge in [-0.15, -0.1) is 21.5 Å². The largest absolute Gasteiger partial charge is 0.312 e. The van der Waals surface area contributed by atoms with Crippen LogP contribution in [-0.4, -0.2) is 22.3 Å². The molecule has 2 rings (SSSR count). The van der Waals surface area contributed by atoms with Crippen molar-refractivity contribution in [1.29, 1.82) is 0 Å². The van der Waals surface area contributed by atoms with Crippen molar-refractivity contribution >= 4 is 11.3 Å². The summed E-state index contributed by atoms with van der Waals surface area (Å²) < 4.78 is 0. The monoisotopic (exact) mass is 267 g/mol. The average molecular weight is 267 g/mol. The van der Waals surface area contributed by atoms with Gasteiger partial charge in [-0.25, -0.2) is 0 Å². The van der Waals surface area contributed by atoms with Gasteiger partial charge in [0.1, 0.15) is 10.0 Å². The highest BCUT2D eigenvalue weighted by atomic mass is 32.1. The molecule has 0 bridgehead atoms. The second-order valence-electron chi connectivity index (χ2n) is 6.30. The van der Waals surface area contributed by atoms with E-state index in [9.17, 15) is 0 Å². The van der Waals surface area contributed by atoms with Gasteiger partial charge >= 0.3 is 0 Å². The highest BCUT2D eigenvalue weighted by molar-refractivity contribution is 7.11. The van der Waals surface area contributed by atoms with Gasteiger partial charge in [-0.2, -0.15) is 0 Å². The molecule has 102 valence electrons. The second kappa shape index (κ2) is 6.11. The van der Waals surface area contributed by atoms with Gasteiger partial charge in [0.15, 0.2) is 0 Å². The Morgan fingerprint density at radius 1 is 1.17 bits per heavy atom. The van der Waals surface area contributed by atoms with E-state index in [0.29, 0.717) is 5.92 Å². The van der Waals surface area contributed by atoms with E-state index in [0.717, 1.165) is 13.0 Å². The summed E-state index contributed by atoms with van der Waals surface area (Å²) in [6.45, 7) is 7.57. The lowest BCUT2D eigenvalue weighted by atomic mass is 9.90. The number of nitrogens with one attached hydrogen (secondary N) is 1. The summed E-state index contributed by atoms with van der Waals surface area (Å²) in [6.07, 6.45) is 7.76. The number of hydrogen-bond donors (Lipinski definition) is 1. The molecule has 0 aliphatic heterocycles. The zero-order valence-electron chi connectivity index (χ0n) is 11.8. The summed E-state index contributed by atoms with van der Waals surface area (Å²) in [6, 6.07) is 0. The molecule has 1 saturated carbocycles. The lowest BCUT2D eigenvalue weighted by Crippen LogP contribution is -2.37. The molecule has 0 amide bonds. The van der Waals surface area contributed by atoms with Crippen LogP contribution < -0.4 is 5.32 Å². The zero-order chi connectivity index (χ0) is 13.0. The minimum atomic E-state index is 0.191. The van der Waals surface area contributed by atoms with Gasteiger partial charge in [0, 0.05) is 24.4 Å². The maximum atomic E-state index is 4.40. The summed E-state index contributed by atoms with van der Waals surface area (Å²) in [4.78, 5) is 0. The van der Waals surface area contributed by atoms with Gasteiger partial charge in [0.05, 0.1) is 0 Å². The summed E-state index contributed by atoms with van der Waals surface area (Å²) in [5.74, 6) is 0.695. The highest BCUT2D eigenvalue weighted by Gasteiger charge is 2.19. The predicted octanol–water partition coefficient (Wildman–Crippen LogP) is 3.52. The molecule has 18 heavy (non-hydrogen) atoms. The smallest absolute Gasteiger partial charge is 0.120 e. The Morgan fingerprint density at radius 2 is 1.89 bits per heavy atom. The van der Waals surface area contributed by atoms with Gasteiger partial charge in [-0.1, -0.05) is 19.3 Å². The van der Waals surface area contributed by atoms with Crippen molar-refractivity contribution in [2.75, 3.05) is 6.54 Å². The van der Waals surface area contributed by atoms with E-state index in [2.05, 4.69) is 36.3 Å². The molecule has 0 saturated heterocycles. The molecule has 1 aromatic heterocycles. The Bertz CT molecular complexity index is 361. The van der Waals surface area contributed by atoms with Crippen molar-refractivity contribution in [3.63, 3.8) is 0 Å². The van der Waals surface area contributed by atoms with E-state index in [1.807, 2.05) is 11.3 Å². The summed E-state index contributed by atoms with van der Waals surface area (Å²) in [5.41, 5.74) is 0.191. The molecule has 0 spiro atoms. The van der Waals surface area contributed by atoms with Crippen LogP contribution in [0.4, 0.5) is 0 Å². The van der Waals surface area contributed by atoms with Crippen molar-refractivity contribution < 1.29 is 0 Å². The Morgan fingerprint density at radius 3 is 2.56 bits per heavy atom. The van der Waals surface area contributed by atoms with Crippen molar-refractivity contribution in [2.45, 2.75) is 70.8 Å². The molecule has 0 radical (unpaired) electrons. The fourth-order valence-corrected chi connectivity index (χ4v) is 3.44. The van der Waals surface area contributed by atoms with Crippen molar-refractivity contribution in [3.8, 4) is 0 Å². The highest BCUT2D eigenvalue weighted by Crippen LogP contribution is 2.33. The van der Waals surface area contributed by atoms with Crippen LogP contribution in [-0.2, 0) is 6.42 Å². The first-order valence-corrected chi connectivity index (χ1v) is 7.93. The first kappa shape index (κ1) is 13.9. The molecule has 1 N–H and O–H groups in total. The van der Waals surface area contributed by atoms with Crippen molar-refractivity contribution in [2.24, 2.45) is 0 Å². The van der Waals surface area contributed by atoms with Crippen molar-refractivity contribution in [3.05, 3.63) is 10.0 Å². The number of aromatic nitrogens is 2. The Labute approximate surface area is 114 Å². The minimum absolute atomic E-state index is 0.191. The van der Waals surface area contributed by atoms with Crippen LogP contribution in [0.5, 0.6) is 0 Å². The van der Waals surface area contributed by atoms with E-state index in [1.165, 1.54) is 42.1 Å². The normalized spacial score (nSPS) is 18.2. The van der Waals surface area contributed by atoms with Crippen LogP contribution in [0.25, 0.3) is 0 Å². The van der Waals surface area contributed by atoms with E-state index >= 15 is 0 Å². The number of nitrogens with zero attached hydrogens (tertiary/aromatic N) is 2. The molecule has 1 heterocycles. The maximum Gasteiger partial charge on any atom is 0.120 e. The molecule has 1 aliphatic rings. The molecule has 0 aromatic carbocycles. The molecule has 4 heteroatoms. The van der Waals surface area contributed by atoms with Gasteiger partial charge in [-0.05, 0) is 33.6 Å². The standard InChI is InChI=1S/C14H25N3S/c1-14(2,3)15-10-9-12-16-17-13(18-12)11-7-5-4-6-8-11/h11,15H,4-10H2,1-3H3. The van der Waals surface area contributed by atoms with Crippen LogP contribution in [0, 0.1) is 0 Å². The quantitative estimate of drug-likeness (QED) is 0.907. The first-order valence-electron chi connectivity index (χ1n) is 7.12. The Balaban J connectivity index is 1.82. The number of rotatable bonds is 4. The third kappa shape index (κ3) is 4.32. The molecule has 0 unspecified atom stereocenters. The van der Waals surface area contributed by atoms with Crippen molar-refractivity contribution in [1.82, 2.24) is 15.5 Å². The molecular weight excluding hydrogens is 242 g/mol. The van der Waals surface area contributed by atoms with Gasteiger partial charge < -0.3 is 5.32 Å². The van der Waals surface area contributed by atoms with Crippen LogP contribution in [0.2, 0.25) is 0 Å². The topological polar surface area (TPSA) is 37.8 Å². The molecule has 1 aromatic rings. The summed E-state index contributed by atoms with van der Waals surface area (Å²) >= 11 is 1.83. The molecule has 1 aliphatic carbocycles. The van der Waals surface area contributed by atoms with E-state index < -0.39 is 0 Å². The molecule has 1 fully saturated rings. The maximum absolute atomic E-state index is 4.40. The fourth-order valence-electron chi connectivity index (χ4n) is 2.43. The predicted molar refractivity (Wildman–Crippen MR) is 77.2 cm³/mol. The van der Waals surface area contributed by atoms with Crippen LogP contribution in [0.3, 0.4) is 0 Å². The third-order valence-electron chi connectivity index (χ3n) is 3.43. The third-order valence-corrected chi connectivity index (χ3v) is 4.58. The summed E-state index contributed by atoms with van der Waals surface area (Å²) in [5, 5.41) is 14.7. The number of hydrogen-bond acceptors (Lipinski definition) is 4. The fraction of sp³-hybridized carbons (Fsp3) is 0.857. The Kier molecular flexibility index (Phi) is 4.73.